The van der Waals surface area contributed by atoms with Crippen LogP contribution in [0.4, 0.5) is 0 Å². The summed E-state index contributed by atoms with van der Waals surface area (Å²) in [6, 6.07) is 0. The first kappa shape index (κ1) is 9.19. The number of carbonyl (C=O) groups excluding carboxylic acids is 1. The minimum absolute atomic E-state index is 0.438. The average Bonchev–Trinajstić information content (AvgIpc) is 2.00. The number of aldehydes is 1. The molecule has 56 valence electrons. The highest BCUT2D eigenvalue weighted by atomic mass is 16.1. The van der Waals surface area contributed by atoms with Crippen LogP contribution >= 0.6 is 0 Å². The lowest BCUT2D eigenvalue weighted by molar-refractivity contribution is -0.112. The minimum atomic E-state index is -0.438. The molecule has 0 heterocycles. The van der Waals surface area contributed by atoms with Crippen LogP contribution in [0.2, 0.25) is 0 Å². The number of rotatable bonds is 4. The Balaban J connectivity index is 3.83. The molecule has 0 spiro atoms. The quantitative estimate of drug-likeness (QED) is 0.456. The highest BCUT2D eigenvalue weighted by Crippen LogP contribution is 2.06. The van der Waals surface area contributed by atoms with Gasteiger partial charge in [-0.1, -0.05) is 0 Å². The Bertz CT molecular complexity index is 148. The molecule has 0 aliphatic carbocycles. The Morgan fingerprint density at radius 3 is 2.70 bits per heavy atom. The van der Waals surface area contributed by atoms with Gasteiger partial charge in [-0.25, -0.2) is 0 Å². The Hall–Kier alpha value is -0.810. The van der Waals surface area contributed by atoms with Crippen LogP contribution in [0.1, 0.15) is 19.8 Å². The standard InChI is InChI=1S/C8H13NO/c1-4-5-6-8(2,7-10)9-3/h1,7,9H,5-6H2,2-3H3/t8-/m0/s1. The fourth-order valence-electron chi connectivity index (χ4n) is 0.575. The Labute approximate surface area is 62.0 Å². The molecule has 0 saturated carbocycles. The first-order valence-corrected chi connectivity index (χ1v) is 3.27. The lowest BCUT2D eigenvalue weighted by Crippen LogP contribution is -2.41. The third-order valence-corrected chi connectivity index (χ3v) is 1.62. The summed E-state index contributed by atoms with van der Waals surface area (Å²) in [7, 11) is 1.75. The molecule has 1 N–H and O–H groups in total. The van der Waals surface area contributed by atoms with E-state index in [0.717, 1.165) is 6.29 Å². The van der Waals surface area contributed by atoms with Crippen LogP contribution in [-0.4, -0.2) is 18.9 Å². The minimum Gasteiger partial charge on any atom is -0.308 e. The van der Waals surface area contributed by atoms with E-state index in [4.69, 9.17) is 6.42 Å². The predicted octanol–water partition coefficient (Wildman–Crippen LogP) is 0.577. The molecule has 0 aromatic rings. The smallest absolute Gasteiger partial charge is 0.139 e. The van der Waals surface area contributed by atoms with Crippen LogP contribution in [0.25, 0.3) is 0 Å². The number of carbonyl (C=O) groups is 1. The summed E-state index contributed by atoms with van der Waals surface area (Å²) in [5.74, 6) is 2.49. The molecule has 0 rings (SSSR count). The highest BCUT2D eigenvalue weighted by Gasteiger charge is 2.18. The lowest BCUT2D eigenvalue weighted by Gasteiger charge is -2.20. The van der Waals surface area contributed by atoms with E-state index in [-0.39, 0.29) is 0 Å². The normalized spacial score (nSPS) is 15.3. The highest BCUT2D eigenvalue weighted by molar-refractivity contribution is 5.63. The molecule has 0 fully saturated rings. The Kier molecular flexibility index (Phi) is 3.75. The second kappa shape index (κ2) is 4.08. The number of terminal acetylenes is 1. The van der Waals surface area contributed by atoms with Gasteiger partial charge in [0.05, 0.1) is 5.54 Å². The number of likely N-dealkylation sites (N-methyl/N-ethyl adjacent to an activating group) is 1. The van der Waals surface area contributed by atoms with Crippen LogP contribution in [0.15, 0.2) is 0 Å². The molecule has 0 aliphatic rings. The van der Waals surface area contributed by atoms with Crippen molar-refractivity contribution in [1.29, 1.82) is 0 Å². The van der Waals surface area contributed by atoms with Crippen molar-refractivity contribution in [2.45, 2.75) is 25.3 Å². The fraction of sp³-hybridized carbons (Fsp3) is 0.625. The zero-order valence-electron chi connectivity index (χ0n) is 6.48. The van der Waals surface area contributed by atoms with Crippen LogP contribution in [0.3, 0.4) is 0 Å². The molecule has 0 aromatic carbocycles. The molecule has 0 bridgehead atoms. The van der Waals surface area contributed by atoms with Crippen LogP contribution in [0, 0.1) is 12.3 Å². The number of nitrogens with one attached hydrogen (secondary N) is 1. The SMILES string of the molecule is C#CCC[C@@](C)(C=O)NC. The van der Waals surface area contributed by atoms with Gasteiger partial charge in [-0.2, -0.15) is 0 Å². The molecule has 0 aliphatic heterocycles. The van der Waals surface area contributed by atoms with Crippen LogP contribution < -0.4 is 5.32 Å². The van der Waals surface area contributed by atoms with Crippen molar-refractivity contribution >= 4 is 6.29 Å². The Morgan fingerprint density at radius 1 is 1.80 bits per heavy atom. The van der Waals surface area contributed by atoms with Crippen molar-refractivity contribution in [3.8, 4) is 12.3 Å². The van der Waals surface area contributed by atoms with Crippen molar-refractivity contribution < 1.29 is 4.79 Å². The third-order valence-electron chi connectivity index (χ3n) is 1.62. The van der Waals surface area contributed by atoms with Gasteiger partial charge < -0.3 is 10.1 Å². The van der Waals surface area contributed by atoms with Gasteiger partial charge in [0, 0.05) is 6.42 Å². The van der Waals surface area contributed by atoms with Crippen LogP contribution in [-0.2, 0) is 4.79 Å². The molecule has 10 heavy (non-hydrogen) atoms. The predicted molar refractivity (Wildman–Crippen MR) is 41.6 cm³/mol. The van der Waals surface area contributed by atoms with Crippen molar-refractivity contribution in [3.05, 3.63) is 0 Å². The summed E-state index contributed by atoms with van der Waals surface area (Å²) in [5, 5.41) is 2.90. The van der Waals surface area contributed by atoms with E-state index in [2.05, 4.69) is 11.2 Å². The number of hydrogen-bond donors (Lipinski definition) is 1. The van der Waals surface area contributed by atoms with E-state index in [0.29, 0.717) is 12.8 Å². The molecular weight excluding hydrogens is 126 g/mol. The average molecular weight is 139 g/mol. The summed E-state index contributed by atoms with van der Waals surface area (Å²) in [6.45, 7) is 1.83. The molecule has 0 saturated heterocycles. The van der Waals surface area contributed by atoms with E-state index < -0.39 is 5.54 Å². The Morgan fingerprint density at radius 2 is 2.40 bits per heavy atom. The molecule has 2 heteroatoms. The molecule has 0 unspecified atom stereocenters. The fourth-order valence-corrected chi connectivity index (χ4v) is 0.575. The second-order valence-electron chi connectivity index (χ2n) is 2.49. The zero-order valence-corrected chi connectivity index (χ0v) is 6.48. The lowest BCUT2D eigenvalue weighted by atomic mass is 9.98. The van der Waals surface area contributed by atoms with Crippen LogP contribution in [0.5, 0.6) is 0 Å². The van der Waals surface area contributed by atoms with Crippen molar-refractivity contribution in [1.82, 2.24) is 5.32 Å². The van der Waals surface area contributed by atoms with E-state index in [1.807, 2.05) is 6.92 Å². The van der Waals surface area contributed by atoms with Crippen molar-refractivity contribution in [2.24, 2.45) is 0 Å². The summed E-state index contributed by atoms with van der Waals surface area (Å²) >= 11 is 0. The zero-order chi connectivity index (χ0) is 8.04. The maximum atomic E-state index is 10.4. The summed E-state index contributed by atoms with van der Waals surface area (Å²) in [5.41, 5.74) is -0.438. The van der Waals surface area contributed by atoms with Crippen molar-refractivity contribution in [3.63, 3.8) is 0 Å². The molecule has 1 atom stereocenters. The maximum Gasteiger partial charge on any atom is 0.139 e. The molecular formula is C8H13NO. The summed E-state index contributed by atoms with van der Waals surface area (Å²) in [4.78, 5) is 10.4. The second-order valence-corrected chi connectivity index (χ2v) is 2.49. The van der Waals surface area contributed by atoms with Crippen molar-refractivity contribution in [2.75, 3.05) is 7.05 Å². The number of hydrogen-bond acceptors (Lipinski definition) is 2. The van der Waals surface area contributed by atoms with Gasteiger partial charge in [0.2, 0.25) is 0 Å². The van der Waals surface area contributed by atoms with Gasteiger partial charge in [0.15, 0.2) is 0 Å². The van der Waals surface area contributed by atoms with Gasteiger partial charge in [-0.3, -0.25) is 0 Å². The molecule has 0 radical (unpaired) electrons. The molecule has 2 nitrogen and oxygen atoms in total. The monoisotopic (exact) mass is 139 g/mol. The largest absolute Gasteiger partial charge is 0.308 e. The third kappa shape index (κ3) is 2.65. The maximum absolute atomic E-state index is 10.4. The van der Waals surface area contributed by atoms with Gasteiger partial charge >= 0.3 is 0 Å². The topological polar surface area (TPSA) is 29.1 Å². The molecule has 0 amide bonds. The van der Waals surface area contributed by atoms with E-state index in [9.17, 15) is 4.79 Å². The summed E-state index contributed by atoms with van der Waals surface area (Å²) in [6.07, 6.45) is 7.28. The first-order chi connectivity index (χ1) is 4.68. The van der Waals surface area contributed by atoms with E-state index in [1.165, 1.54) is 0 Å². The van der Waals surface area contributed by atoms with E-state index >= 15 is 0 Å². The van der Waals surface area contributed by atoms with E-state index in [1.54, 1.807) is 7.05 Å². The van der Waals surface area contributed by atoms with Gasteiger partial charge in [0.1, 0.15) is 6.29 Å². The molecule has 0 aromatic heterocycles. The summed E-state index contributed by atoms with van der Waals surface area (Å²) < 4.78 is 0. The van der Waals surface area contributed by atoms with Gasteiger partial charge in [0.25, 0.3) is 0 Å². The van der Waals surface area contributed by atoms with Gasteiger partial charge in [-0.15, -0.1) is 12.3 Å². The van der Waals surface area contributed by atoms with Gasteiger partial charge in [-0.05, 0) is 20.4 Å². The first-order valence-electron chi connectivity index (χ1n) is 3.27.